The maximum Gasteiger partial charge on any atom is 0.272 e. The Kier molecular flexibility index (Phi) is 5.95. The normalized spacial score (nSPS) is 10.5. The summed E-state index contributed by atoms with van der Waals surface area (Å²) < 4.78 is 16.2. The van der Waals surface area contributed by atoms with Crippen LogP contribution < -0.4 is 9.47 Å². The minimum atomic E-state index is -0.485. The minimum Gasteiger partial charge on any atom is -0.493 e. The Hall–Kier alpha value is -3.95. The Morgan fingerprint density at radius 2 is 1.87 bits per heavy atom. The molecule has 1 amide bonds. The van der Waals surface area contributed by atoms with E-state index in [-0.39, 0.29) is 29.9 Å². The lowest BCUT2D eigenvalue weighted by molar-refractivity contribution is -0.385. The fourth-order valence-electron chi connectivity index (χ4n) is 2.89. The molecule has 0 aliphatic carbocycles. The summed E-state index contributed by atoms with van der Waals surface area (Å²) >= 11 is 0. The predicted octanol–water partition coefficient (Wildman–Crippen LogP) is 3.24. The van der Waals surface area contributed by atoms with Crippen molar-refractivity contribution in [1.82, 2.24) is 15.1 Å². The summed E-state index contributed by atoms with van der Waals surface area (Å²) in [5, 5.41) is 19.0. The fraction of sp³-hybridized carbons (Fsp3) is 0.250. The zero-order valence-corrected chi connectivity index (χ0v) is 16.9. The van der Waals surface area contributed by atoms with Crippen molar-refractivity contribution in [2.45, 2.75) is 13.5 Å². The topological polar surface area (TPSA) is 121 Å². The molecule has 0 aliphatic heterocycles. The fourth-order valence-corrected chi connectivity index (χ4v) is 2.89. The third-order valence-electron chi connectivity index (χ3n) is 4.46. The lowest BCUT2D eigenvalue weighted by atomic mass is 10.1. The van der Waals surface area contributed by atoms with Gasteiger partial charge in [-0.1, -0.05) is 0 Å². The maximum atomic E-state index is 12.6. The van der Waals surface area contributed by atoms with E-state index in [1.807, 2.05) is 0 Å². The highest BCUT2D eigenvalue weighted by molar-refractivity contribution is 5.94. The number of benzene rings is 2. The van der Waals surface area contributed by atoms with Crippen LogP contribution in [0.15, 0.2) is 40.8 Å². The van der Waals surface area contributed by atoms with Gasteiger partial charge in [-0.2, -0.15) is 0 Å². The van der Waals surface area contributed by atoms with E-state index in [0.717, 1.165) is 0 Å². The molecule has 0 N–H and O–H groups in total. The molecule has 3 rings (SSSR count). The second kappa shape index (κ2) is 8.60. The first kappa shape index (κ1) is 20.8. The van der Waals surface area contributed by atoms with Gasteiger partial charge in [-0.15, -0.1) is 10.2 Å². The largest absolute Gasteiger partial charge is 0.493 e. The Bertz CT molecular complexity index is 1090. The van der Waals surface area contributed by atoms with Crippen LogP contribution in [0, 0.1) is 17.0 Å². The first-order valence-corrected chi connectivity index (χ1v) is 8.89. The summed E-state index contributed by atoms with van der Waals surface area (Å²) in [4.78, 5) is 24.5. The van der Waals surface area contributed by atoms with Gasteiger partial charge in [0.2, 0.25) is 11.8 Å². The summed E-state index contributed by atoms with van der Waals surface area (Å²) in [6.07, 6.45) is 0. The number of methoxy groups -OCH3 is 2. The molecule has 0 bridgehead atoms. The third kappa shape index (κ3) is 4.22. The van der Waals surface area contributed by atoms with Gasteiger partial charge >= 0.3 is 0 Å². The van der Waals surface area contributed by atoms with Crippen molar-refractivity contribution < 1.29 is 23.6 Å². The second-order valence-electron chi connectivity index (χ2n) is 6.49. The van der Waals surface area contributed by atoms with E-state index in [1.165, 1.54) is 30.2 Å². The average molecular weight is 412 g/mol. The number of rotatable bonds is 7. The summed E-state index contributed by atoms with van der Waals surface area (Å²) in [5.41, 5.74) is 1.35. The van der Waals surface area contributed by atoms with Gasteiger partial charge in [0.1, 0.15) is 0 Å². The van der Waals surface area contributed by atoms with Gasteiger partial charge in [0.15, 0.2) is 11.5 Å². The molecule has 0 atom stereocenters. The van der Waals surface area contributed by atoms with Crippen LogP contribution in [0.2, 0.25) is 0 Å². The molecular formula is C20H20N4O6. The van der Waals surface area contributed by atoms with Gasteiger partial charge in [-0.05, 0) is 37.3 Å². The van der Waals surface area contributed by atoms with Crippen molar-refractivity contribution in [2.24, 2.45) is 0 Å². The van der Waals surface area contributed by atoms with E-state index in [0.29, 0.717) is 28.2 Å². The number of amides is 1. The molecule has 2 aromatic carbocycles. The van der Waals surface area contributed by atoms with Gasteiger partial charge in [0, 0.05) is 29.8 Å². The molecule has 0 saturated carbocycles. The van der Waals surface area contributed by atoms with E-state index in [1.54, 1.807) is 39.3 Å². The van der Waals surface area contributed by atoms with Crippen LogP contribution in [-0.2, 0) is 6.54 Å². The molecular weight excluding hydrogens is 392 g/mol. The Morgan fingerprint density at radius 3 is 2.50 bits per heavy atom. The van der Waals surface area contributed by atoms with E-state index < -0.39 is 4.92 Å². The van der Waals surface area contributed by atoms with Gasteiger partial charge < -0.3 is 18.8 Å². The number of hydrogen-bond acceptors (Lipinski definition) is 8. The second-order valence-corrected chi connectivity index (χ2v) is 6.49. The van der Waals surface area contributed by atoms with E-state index in [4.69, 9.17) is 13.9 Å². The molecule has 0 spiro atoms. The lowest BCUT2D eigenvalue weighted by Crippen LogP contribution is -2.26. The third-order valence-corrected chi connectivity index (χ3v) is 4.46. The van der Waals surface area contributed by atoms with Gasteiger partial charge in [-0.25, -0.2) is 0 Å². The number of hydrogen-bond donors (Lipinski definition) is 0. The molecule has 0 aliphatic rings. The van der Waals surface area contributed by atoms with Crippen LogP contribution in [-0.4, -0.2) is 47.2 Å². The molecule has 3 aromatic rings. The molecule has 0 radical (unpaired) electrons. The SMILES string of the molecule is COc1ccc(-c2nnc(CN(C)C(=O)c3ccc([N+](=O)[O-])c(C)c3)o2)cc1OC. The molecule has 0 fully saturated rings. The molecule has 1 aromatic heterocycles. The number of nitro groups is 1. The predicted molar refractivity (Wildman–Crippen MR) is 106 cm³/mol. The van der Waals surface area contributed by atoms with Crippen molar-refractivity contribution in [2.75, 3.05) is 21.3 Å². The number of carbonyl (C=O) groups excluding carboxylic acids is 1. The summed E-state index contributed by atoms with van der Waals surface area (Å²) in [5.74, 6) is 1.30. The summed E-state index contributed by atoms with van der Waals surface area (Å²) in [6.45, 7) is 1.66. The van der Waals surface area contributed by atoms with Crippen LogP contribution in [0.25, 0.3) is 11.5 Å². The standard InChI is InChI=1S/C20H20N4O6/c1-12-9-14(5-7-15(12)24(26)27)20(25)23(2)11-18-21-22-19(30-18)13-6-8-16(28-3)17(10-13)29-4/h5-10H,11H2,1-4H3. The van der Waals surface area contributed by atoms with E-state index in [2.05, 4.69) is 10.2 Å². The minimum absolute atomic E-state index is 0.0364. The number of ether oxygens (including phenoxy) is 2. The maximum absolute atomic E-state index is 12.6. The monoisotopic (exact) mass is 412 g/mol. The first-order valence-electron chi connectivity index (χ1n) is 8.89. The van der Waals surface area contributed by atoms with Gasteiger partial charge in [0.25, 0.3) is 11.6 Å². The molecule has 156 valence electrons. The smallest absolute Gasteiger partial charge is 0.272 e. The zero-order chi connectivity index (χ0) is 21.8. The van der Waals surface area contributed by atoms with E-state index >= 15 is 0 Å². The number of aryl methyl sites for hydroxylation is 1. The van der Waals surface area contributed by atoms with Crippen LogP contribution in [0.3, 0.4) is 0 Å². The molecule has 10 nitrogen and oxygen atoms in total. The molecule has 0 unspecified atom stereocenters. The van der Waals surface area contributed by atoms with Crippen molar-refractivity contribution in [3.05, 3.63) is 63.5 Å². The summed E-state index contributed by atoms with van der Waals surface area (Å²) in [7, 11) is 4.66. The number of nitro benzene ring substituents is 1. The van der Waals surface area contributed by atoms with Crippen molar-refractivity contribution >= 4 is 11.6 Å². The van der Waals surface area contributed by atoms with Gasteiger partial charge in [0.05, 0.1) is 25.7 Å². The number of carbonyl (C=O) groups is 1. The highest BCUT2D eigenvalue weighted by Crippen LogP contribution is 2.31. The van der Waals surface area contributed by atoms with Crippen molar-refractivity contribution in [3.8, 4) is 23.0 Å². The molecule has 1 heterocycles. The number of aromatic nitrogens is 2. The van der Waals surface area contributed by atoms with E-state index in [9.17, 15) is 14.9 Å². The highest BCUT2D eigenvalue weighted by Gasteiger charge is 2.19. The Labute approximate surface area is 172 Å². The Morgan fingerprint density at radius 1 is 1.13 bits per heavy atom. The van der Waals surface area contributed by atoms with Crippen molar-refractivity contribution in [1.29, 1.82) is 0 Å². The highest BCUT2D eigenvalue weighted by atomic mass is 16.6. The average Bonchev–Trinajstić information content (AvgIpc) is 3.20. The van der Waals surface area contributed by atoms with Crippen LogP contribution in [0.4, 0.5) is 5.69 Å². The van der Waals surface area contributed by atoms with Crippen LogP contribution >= 0.6 is 0 Å². The van der Waals surface area contributed by atoms with Crippen LogP contribution in [0.1, 0.15) is 21.8 Å². The first-order chi connectivity index (χ1) is 14.3. The number of nitrogens with zero attached hydrogens (tertiary/aromatic N) is 4. The molecule has 30 heavy (non-hydrogen) atoms. The van der Waals surface area contributed by atoms with Crippen molar-refractivity contribution in [3.63, 3.8) is 0 Å². The van der Waals surface area contributed by atoms with Crippen LogP contribution in [0.5, 0.6) is 11.5 Å². The molecule has 0 saturated heterocycles. The molecule has 10 heteroatoms. The summed E-state index contributed by atoms with van der Waals surface area (Å²) in [6, 6.07) is 9.42. The van der Waals surface area contributed by atoms with Gasteiger partial charge in [-0.3, -0.25) is 14.9 Å². The quantitative estimate of drug-likeness (QED) is 0.428. The lowest BCUT2D eigenvalue weighted by Gasteiger charge is -2.15. The Balaban J connectivity index is 1.75. The zero-order valence-electron chi connectivity index (χ0n) is 16.9.